The van der Waals surface area contributed by atoms with Gasteiger partial charge in [-0.25, -0.2) is 0 Å². The van der Waals surface area contributed by atoms with E-state index in [0.717, 1.165) is 19.4 Å². The molecule has 1 atom stereocenters. The summed E-state index contributed by atoms with van der Waals surface area (Å²) in [7, 11) is 1.56. The fraction of sp³-hybridized carbons (Fsp3) is 0.375. The average Bonchev–Trinajstić information content (AvgIpc) is 3.19. The molecule has 0 saturated carbocycles. The molecule has 1 amide bonds. The molecular formula is C16H19N3O3S2. The summed E-state index contributed by atoms with van der Waals surface area (Å²) in [5.41, 5.74) is 6.76. The Kier molecular flexibility index (Phi) is 5.17. The van der Waals surface area contributed by atoms with Gasteiger partial charge in [0, 0.05) is 6.61 Å². The van der Waals surface area contributed by atoms with Crippen molar-refractivity contribution in [1.82, 2.24) is 4.57 Å². The first kappa shape index (κ1) is 16.9. The Morgan fingerprint density at radius 3 is 3.04 bits per heavy atom. The van der Waals surface area contributed by atoms with Gasteiger partial charge in [0.1, 0.15) is 16.4 Å². The first-order chi connectivity index (χ1) is 11.6. The van der Waals surface area contributed by atoms with Crippen molar-refractivity contribution in [3.05, 3.63) is 33.1 Å². The molecule has 8 heteroatoms. The van der Waals surface area contributed by atoms with E-state index in [4.69, 9.17) is 27.4 Å². The number of thiazole rings is 1. The number of hydrogen-bond donors (Lipinski definition) is 2. The SMILES string of the molecule is COc1ccccc1NC(=O)c1sc(=S)n(C[C@@H]2CCCO2)c1N. The number of ether oxygens (including phenoxy) is 2. The molecule has 1 aliphatic rings. The molecule has 1 aromatic carbocycles. The van der Waals surface area contributed by atoms with Crippen molar-refractivity contribution in [2.45, 2.75) is 25.5 Å². The number of nitrogens with one attached hydrogen (secondary N) is 1. The minimum Gasteiger partial charge on any atom is -0.495 e. The van der Waals surface area contributed by atoms with Gasteiger partial charge in [0.25, 0.3) is 5.91 Å². The van der Waals surface area contributed by atoms with E-state index in [1.54, 1.807) is 23.8 Å². The molecule has 1 fully saturated rings. The molecule has 2 heterocycles. The second-order valence-corrected chi connectivity index (χ2v) is 7.13. The van der Waals surface area contributed by atoms with Crippen LogP contribution in [0.2, 0.25) is 0 Å². The van der Waals surface area contributed by atoms with E-state index in [1.165, 1.54) is 11.3 Å². The summed E-state index contributed by atoms with van der Waals surface area (Å²) < 4.78 is 13.2. The number of benzene rings is 1. The Morgan fingerprint density at radius 1 is 1.54 bits per heavy atom. The van der Waals surface area contributed by atoms with E-state index in [-0.39, 0.29) is 12.0 Å². The Bertz CT molecular complexity index is 794. The van der Waals surface area contributed by atoms with E-state index in [0.29, 0.717) is 32.6 Å². The molecule has 1 aromatic heterocycles. The van der Waals surface area contributed by atoms with Crippen LogP contribution in [0.4, 0.5) is 11.5 Å². The highest BCUT2D eigenvalue weighted by atomic mass is 32.1. The average molecular weight is 365 g/mol. The summed E-state index contributed by atoms with van der Waals surface area (Å²) in [5.74, 6) is 0.680. The van der Waals surface area contributed by atoms with Crippen LogP contribution in [0.1, 0.15) is 22.5 Å². The number of para-hydroxylation sites is 2. The Morgan fingerprint density at radius 2 is 2.33 bits per heavy atom. The summed E-state index contributed by atoms with van der Waals surface area (Å²) in [6.45, 7) is 1.35. The summed E-state index contributed by atoms with van der Waals surface area (Å²) >= 11 is 6.58. The second kappa shape index (κ2) is 7.33. The molecule has 0 bridgehead atoms. The number of rotatable bonds is 5. The van der Waals surface area contributed by atoms with Crippen molar-refractivity contribution in [1.29, 1.82) is 0 Å². The van der Waals surface area contributed by atoms with Gasteiger partial charge < -0.3 is 25.1 Å². The number of methoxy groups -OCH3 is 1. The van der Waals surface area contributed by atoms with E-state index in [1.807, 2.05) is 12.1 Å². The van der Waals surface area contributed by atoms with Crippen LogP contribution in [-0.2, 0) is 11.3 Å². The maximum Gasteiger partial charge on any atom is 0.269 e. The number of amides is 1. The van der Waals surface area contributed by atoms with E-state index in [9.17, 15) is 4.79 Å². The molecule has 0 unspecified atom stereocenters. The largest absolute Gasteiger partial charge is 0.495 e. The molecule has 0 aliphatic carbocycles. The first-order valence-corrected chi connectivity index (χ1v) is 8.87. The molecule has 1 aliphatic heterocycles. The van der Waals surface area contributed by atoms with Gasteiger partial charge in [-0.3, -0.25) is 4.79 Å². The van der Waals surface area contributed by atoms with Crippen molar-refractivity contribution in [2.24, 2.45) is 0 Å². The van der Waals surface area contributed by atoms with Crippen LogP contribution >= 0.6 is 23.6 Å². The van der Waals surface area contributed by atoms with Gasteiger partial charge in [-0.05, 0) is 37.2 Å². The van der Waals surface area contributed by atoms with Crippen LogP contribution in [0.15, 0.2) is 24.3 Å². The smallest absolute Gasteiger partial charge is 0.269 e. The van der Waals surface area contributed by atoms with Gasteiger partial charge in [0.05, 0.1) is 25.4 Å². The summed E-state index contributed by atoms with van der Waals surface area (Å²) in [6.07, 6.45) is 2.14. The van der Waals surface area contributed by atoms with Gasteiger partial charge in [-0.1, -0.05) is 23.5 Å². The van der Waals surface area contributed by atoms with Crippen molar-refractivity contribution in [3.63, 3.8) is 0 Å². The minimum absolute atomic E-state index is 0.110. The van der Waals surface area contributed by atoms with Crippen LogP contribution in [-0.4, -0.2) is 30.3 Å². The maximum absolute atomic E-state index is 12.6. The minimum atomic E-state index is -0.292. The van der Waals surface area contributed by atoms with Gasteiger partial charge in [0.2, 0.25) is 0 Å². The van der Waals surface area contributed by atoms with Crippen molar-refractivity contribution in [2.75, 3.05) is 24.8 Å². The van der Waals surface area contributed by atoms with Gasteiger partial charge >= 0.3 is 0 Å². The molecule has 2 aromatic rings. The highest BCUT2D eigenvalue weighted by Gasteiger charge is 2.22. The van der Waals surface area contributed by atoms with Crippen LogP contribution in [0, 0.1) is 3.95 Å². The molecule has 0 spiro atoms. The van der Waals surface area contributed by atoms with Crippen molar-refractivity contribution >= 4 is 41.0 Å². The first-order valence-electron chi connectivity index (χ1n) is 7.65. The third-order valence-electron chi connectivity index (χ3n) is 3.90. The number of carbonyl (C=O) groups is 1. The van der Waals surface area contributed by atoms with Crippen LogP contribution in [0.25, 0.3) is 0 Å². The maximum atomic E-state index is 12.6. The fourth-order valence-corrected chi connectivity index (χ4v) is 3.91. The lowest BCUT2D eigenvalue weighted by molar-refractivity contribution is 0.0970. The fourth-order valence-electron chi connectivity index (χ4n) is 2.67. The lowest BCUT2D eigenvalue weighted by Crippen LogP contribution is -2.18. The summed E-state index contributed by atoms with van der Waals surface area (Å²) in [4.78, 5) is 13.0. The summed E-state index contributed by atoms with van der Waals surface area (Å²) in [5, 5.41) is 2.83. The quantitative estimate of drug-likeness (QED) is 0.795. The molecule has 6 nitrogen and oxygen atoms in total. The van der Waals surface area contributed by atoms with Crippen LogP contribution in [0.3, 0.4) is 0 Å². The zero-order valence-electron chi connectivity index (χ0n) is 13.3. The van der Waals surface area contributed by atoms with Gasteiger partial charge in [-0.2, -0.15) is 0 Å². The molecule has 0 radical (unpaired) electrons. The predicted octanol–water partition coefficient (Wildman–Crippen LogP) is 3.30. The number of carbonyl (C=O) groups excluding carboxylic acids is 1. The Labute approximate surface area is 149 Å². The second-order valence-electron chi connectivity index (χ2n) is 5.48. The standard InChI is InChI=1S/C16H19N3O3S2/c1-21-12-7-3-2-6-11(12)18-15(20)13-14(17)19(16(23)24-13)9-10-5-4-8-22-10/h2-3,6-7,10H,4-5,8-9,17H2,1H3,(H,18,20)/t10-/m0/s1. The van der Waals surface area contributed by atoms with Crippen LogP contribution in [0.5, 0.6) is 5.75 Å². The van der Waals surface area contributed by atoms with Crippen molar-refractivity contribution < 1.29 is 14.3 Å². The molecular weight excluding hydrogens is 346 g/mol. The normalized spacial score (nSPS) is 17.0. The molecule has 24 heavy (non-hydrogen) atoms. The number of hydrogen-bond acceptors (Lipinski definition) is 6. The highest BCUT2D eigenvalue weighted by Crippen LogP contribution is 2.28. The molecule has 1 saturated heterocycles. The van der Waals surface area contributed by atoms with Crippen molar-refractivity contribution in [3.8, 4) is 5.75 Å². The third kappa shape index (κ3) is 3.45. The topological polar surface area (TPSA) is 78.5 Å². The number of anilines is 2. The van der Waals surface area contributed by atoms with Crippen LogP contribution < -0.4 is 15.8 Å². The van der Waals surface area contributed by atoms with E-state index in [2.05, 4.69) is 5.32 Å². The lowest BCUT2D eigenvalue weighted by atomic mass is 10.2. The predicted molar refractivity (Wildman–Crippen MR) is 97.5 cm³/mol. The number of nitrogen functional groups attached to an aromatic ring is 1. The Hall–Kier alpha value is -1.90. The Balaban J connectivity index is 1.81. The monoisotopic (exact) mass is 365 g/mol. The molecule has 128 valence electrons. The number of aromatic nitrogens is 1. The third-order valence-corrected chi connectivity index (χ3v) is 5.37. The molecule has 3 rings (SSSR count). The van der Waals surface area contributed by atoms with E-state index < -0.39 is 0 Å². The van der Waals surface area contributed by atoms with Gasteiger partial charge in [-0.15, -0.1) is 0 Å². The summed E-state index contributed by atoms with van der Waals surface area (Å²) in [6, 6.07) is 7.22. The molecule has 3 N–H and O–H groups in total. The number of nitrogens with zero attached hydrogens (tertiary/aromatic N) is 1. The highest BCUT2D eigenvalue weighted by molar-refractivity contribution is 7.73. The lowest BCUT2D eigenvalue weighted by Gasteiger charge is -2.12. The zero-order chi connectivity index (χ0) is 17.1. The van der Waals surface area contributed by atoms with Gasteiger partial charge in [0.15, 0.2) is 3.95 Å². The number of nitrogens with two attached hydrogens (primary N) is 1. The van der Waals surface area contributed by atoms with E-state index >= 15 is 0 Å². The zero-order valence-corrected chi connectivity index (χ0v) is 14.9.